The summed E-state index contributed by atoms with van der Waals surface area (Å²) in [6, 6.07) is 0. The Hall–Kier alpha value is -1.40. The second-order valence-electron chi connectivity index (χ2n) is 6.74. The lowest BCUT2D eigenvalue weighted by Crippen LogP contribution is -2.45. The van der Waals surface area contributed by atoms with Crippen LogP contribution in [0.5, 0.6) is 0 Å². The first-order chi connectivity index (χ1) is 11.1. The van der Waals surface area contributed by atoms with Gasteiger partial charge in [0.05, 0.1) is 24.3 Å². The van der Waals surface area contributed by atoms with Crippen molar-refractivity contribution in [2.75, 3.05) is 19.7 Å². The molecular formula is C17H27N3O3. The van der Waals surface area contributed by atoms with E-state index >= 15 is 0 Å². The predicted octanol–water partition coefficient (Wildman–Crippen LogP) is 1.60. The average Bonchev–Trinajstić information content (AvgIpc) is 3.22. The molecule has 0 saturated carbocycles. The van der Waals surface area contributed by atoms with Crippen molar-refractivity contribution in [3.63, 3.8) is 0 Å². The molecule has 1 aromatic rings. The molecule has 2 saturated heterocycles. The summed E-state index contributed by atoms with van der Waals surface area (Å²) >= 11 is 0. The maximum absolute atomic E-state index is 13.0. The van der Waals surface area contributed by atoms with Gasteiger partial charge in [-0.25, -0.2) is 0 Å². The number of piperidine rings is 1. The minimum Gasteiger partial charge on any atom is -0.393 e. The molecule has 2 aliphatic heterocycles. The van der Waals surface area contributed by atoms with Gasteiger partial charge in [0.25, 0.3) is 0 Å². The number of nitrogens with zero attached hydrogens (tertiary/aromatic N) is 3. The monoisotopic (exact) mass is 321 g/mol. The molecule has 1 N–H and O–H groups in total. The van der Waals surface area contributed by atoms with Gasteiger partial charge in [0.15, 0.2) is 0 Å². The number of likely N-dealkylation sites (tertiary alicyclic amines) is 1. The van der Waals surface area contributed by atoms with Crippen LogP contribution in [0, 0.1) is 11.8 Å². The van der Waals surface area contributed by atoms with Crippen molar-refractivity contribution in [3.8, 4) is 0 Å². The summed E-state index contributed by atoms with van der Waals surface area (Å²) in [5, 5.41) is 14.1. The van der Waals surface area contributed by atoms with E-state index in [1.54, 1.807) is 0 Å². The van der Waals surface area contributed by atoms with Gasteiger partial charge in [0, 0.05) is 43.9 Å². The van der Waals surface area contributed by atoms with Gasteiger partial charge < -0.3 is 14.7 Å². The number of aliphatic hydroxyl groups excluding tert-OH is 1. The molecule has 0 bridgehead atoms. The molecule has 4 atom stereocenters. The number of aliphatic hydroxyl groups is 1. The quantitative estimate of drug-likeness (QED) is 0.915. The van der Waals surface area contributed by atoms with Crippen LogP contribution in [0.15, 0.2) is 12.4 Å². The van der Waals surface area contributed by atoms with Gasteiger partial charge in [0.1, 0.15) is 0 Å². The molecule has 0 radical (unpaired) electrons. The first kappa shape index (κ1) is 16.5. The molecule has 2 fully saturated rings. The van der Waals surface area contributed by atoms with Crippen LogP contribution in [0.3, 0.4) is 0 Å². The molecule has 6 heteroatoms. The summed E-state index contributed by atoms with van der Waals surface area (Å²) in [7, 11) is 0. The Balaban J connectivity index is 1.70. The van der Waals surface area contributed by atoms with E-state index in [9.17, 15) is 9.90 Å². The molecule has 3 rings (SSSR count). The molecule has 23 heavy (non-hydrogen) atoms. The average molecular weight is 321 g/mol. The molecule has 0 aromatic carbocycles. The van der Waals surface area contributed by atoms with Gasteiger partial charge in [-0.1, -0.05) is 0 Å². The van der Waals surface area contributed by atoms with E-state index < -0.39 is 0 Å². The second-order valence-corrected chi connectivity index (χ2v) is 6.74. The van der Waals surface area contributed by atoms with Crippen molar-refractivity contribution < 1.29 is 14.6 Å². The van der Waals surface area contributed by atoms with E-state index in [1.807, 2.05) is 35.8 Å². The molecular weight excluding hydrogens is 294 g/mol. The zero-order chi connectivity index (χ0) is 16.4. The number of carbonyl (C=O) groups excluding carboxylic acids is 1. The van der Waals surface area contributed by atoms with E-state index in [2.05, 4.69) is 5.10 Å². The van der Waals surface area contributed by atoms with Crippen molar-refractivity contribution in [3.05, 3.63) is 18.0 Å². The summed E-state index contributed by atoms with van der Waals surface area (Å²) in [5.74, 6) is 0.232. The Kier molecular flexibility index (Phi) is 5.02. The number of hydrogen-bond acceptors (Lipinski definition) is 4. The number of aryl methyl sites for hydroxylation is 1. The standard InChI is InChI=1S/C17H27N3O3/c1-3-20-11-14(9-18-20)16-15(6-8-23-16)17(22)19-7-4-5-13(10-19)12(2)21/h9,11-13,15-16,21H,3-8,10H2,1-2H3/t12-,13+,15-,16+/m0/s1. The van der Waals surface area contributed by atoms with Gasteiger partial charge in [-0.3, -0.25) is 9.48 Å². The van der Waals surface area contributed by atoms with E-state index in [0.29, 0.717) is 13.2 Å². The first-order valence-corrected chi connectivity index (χ1v) is 8.71. The van der Waals surface area contributed by atoms with Crippen LogP contribution in [0.1, 0.15) is 44.8 Å². The lowest BCUT2D eigenvalue weighted by Gasteiger charge is -2.36. The zero-order valence-corrected chi connectivity index (χ0v) is 14.0. The second kappa shape index (κ2) is 7.01. The summed E-state index contributed by atoms with van der Waals surface area (Å²) < 4.78 is 7.71. The van der Waals surface area contributed by atoms with E-state index in [-0.39, 0.29) is 30.0 Å². The molecule has 1 aromatic heterocycles. The minimum atomic E-state index is -0.357. The van der Waals surface area contributed by atoms with Crippen LogP contribution in [-0.4, -0.2) is 51.5 Å². The van der Waals surface area contributed by atoms with Crippen LogP contribution in [-0.2, 0) is 16.1 Å². The summed E-state index contributed by atoms with van der Waals surface area (Å²) in [6.45, 7) is 6.74. The fraction of sp³-hybridized carbons (Fsp3) is 0.765. The number of hydrogen-bond donors (Lipinski definition) is 1. The van der Waals surface area contributed by atoms with Crippen molar-refractivity contribution >= 4 is 5.91 Å². The van der Waals surface area contributed by atoms with Crippen molar-refractivity contribution in [1.82, 2.24) is 14.7 Å². The number of carbonyl (C=O) groups is 1. The van der Waals surface area contributed by atoms with Crippen molar-refractivity contribution in [2.45, 2.75) is 51.9 Å². The van der Waals surface area contributed by atoms with Gasteiger partial charge in [-0.05, 0) is 33.1 Å². The number of ether oxygens (including phenoxy) is 1. The fourth-order valence-corrected chi connectivity index (χ4v) is 3.71. The summed E-state index contributed by atoms with van der Waals surface area (Å²) in [5.41, 5.74) is 0.992. The molecule has 0 spiro atoms. The Morgan fingerprint density at radius 3 is 3.04 bits per heavy atom. The van der Waals surface area contributed by atoms with E-state index in [4.69, 9.17) is 4.74 Å². The zero-order valence-electron chi connectivity index (χ0n) is 14.0. The molecule has 128 valence electrons. The van der Waals surface area contributed by atoms with Crippen LogP contribution >= 0.6 is 0 Å². The Morgan fingerprint density at radius 1 is 1.52 bits per heavy atom. The lowest BCUT2D eigenvalue weighted by atomic mass is 9.90. The fourth-order valence-electron chi connectivity index (χ4n) is 3.71. The first-order valence-electron chi connectivity index (χ1n) is 8.71. The highest BCUT2D eigenvalue weighted by Gasteiger charge is 2.39. The van der Waals surface area contributed by atoms with Crippen LogP contribution < -0.4 is 0 Å². The van der Waals surface area contributed by atoms with Crippen LogP contribution in [0.4, 0.5) is 0 Å². The molecule has 3 heterocycles. The predicted molar refractivity (Wildman–Crippen MR) is 85.7 cm³/mol. The minimum absolute atomic E-state index is 0.128. The third-order valence-electron chi connectivity index (χ3n) is 5.17. The lowest BCUT2D eigenvalue weighted by molar-refractivity contribution is -0.140. The molecule has 0 aliphatic carbocycles. The Morgan fingerprint density at radius 2 is 2.35 bits per heavy atom. The topological polar surface area (TPSA) is 67.6 Å². The maximum Gasteiger partial charge on any atom is 0.228 e. The SMILES string of the molecule is CCn1cc([C@H]2OCC[C@@H]2C(=O)N2CCC[C@@H]([C@H](C)O)C2)cn1. The van der Waals surface area contributed by atoms with Gasteiger partial charge in [-0.15, -0.1) is 0 Å². The Labute approximate surface area is 137 Å². The Bertz CT molecular complexity index is 543. The van der Waals surface area contributed by atoms with Crippen LogP contribution in [0.2, 0.25) is 0 Å². The highest BCUT2D eigenvalue weighted by atomic mass is 16.5. The van der Waals surface area contributed by atoms with E-state index in [1.165, 1.54) is 0 Å². The number of rotatable bonds is 4. The van der Waals surface area contributed by atoms with Crippen molar-refractivity contribution in [2.24, 2.45) is 11.8 Å². The molecule has 6 nitrogen and oxygen atoms in total. The summed E-state index contributed by atoms with van der Waals surface area (Å²) in [4.78, 5) is 14.9. The highest BCUT2D eigenvalue weighted by molar-refractivity contribution is 5.80. The third kappa shape index (κ3) is 3.43. The largest absolute Gasteiger partial charge is 0.393 e. The summed E-state index contributed by atoms with van der Waals surface area (Å²) in [6.07, 6.45) is 5.97. The normalized spacial score (nSPS) is 29.7. The maximum atomic E-state index is 13.0. The van der Waals surface area contributed by atoms with Gasteiger partial charge >= 0.3 is 0 Å². The number of aromatic nitrogens is 2. The van der Waals surface area contributed by atoms with Crippen molar-refractivity contribution in [1.29, 1.82) is 0 Å². The molecule has 0 unspecified atom stereocenters. The van der Waals surface area contributed by atoms with Crippen LogP contribution in [0.25, 0.3) is 0 Å². The van der Waals surface area contributed by atoms with Gasteiger partial charge in [-0.2, -0.15) is 5.10 Å². The molecule has 2 aliphatic rings. The smallest absolute Gasteiger partial charge is 0.228 e. The third-order valence-corrected chi connectivity index (χ3v) is 5.17. The van der Waals surface area contributed by atoms with E-state index in [0.717, 1.165) is 37.9 Å². The molecule has 1 amide bonds. The number of amides is 1. The highest BCUT2D eigenvalue weighted by Crippen LogP contribution is 2.36. The van der Waals surface area contributed by atoms with Gasteiger partial charge in [0.2, 0.25) is 5.91 Å².